The van der Waals surface area contributed by atoms with Crippen LogP contribution in [-0.4, -0.2) is 55.9 Å². The summed E-state index contributed by atoms with van der Waals surface area (Å²) in [5.74, 6) is 0.773. The van der Waals surface area contributed by atoms with Crippen LogP contribution >= 0.6 is 12.4 Å². The Morgan fingerprint density at radius 2 is 2.06 bits per heavy atom. The van der Waals surface area contributed by atoms with Gasteiger partial charge in [0.05, 0.1) is 31.7 Å². The maximum Gasteiger partial charge on any atom is 0.0700 e. The third-order valence-corrected chi connectivity index (χ3v) is 7.86. The molecule has 0 amide bonds. The number of rotatable bonds is 8. The Morgan fingerprint density at radius 3 is 2.91 bits per heavy atom. The monoisotopic (exact) mass is 457 g/mol. The second kappa shape index (κ2) is 10.5. The summed E-state index contributed by atoms with van der Waals surface area (Å²) >= 11 is 0. The van der Waals surface area contributed by atoms with Crippen LogP contribution in [0, 0.1) is 5.92 Å². The lowest BCUT2D eigenvalue weighted by Gasteiger charge is -2.59. The molecule has 2 aromatic rings. The first-order valence-corrected chi connectivity index (χ1v) is 11.9. The highest BCUT2D eigenvalue weighted by Crippen LogP contribution is 2.56. The molecule has 5 rings (SSSR count). The molecule has 2 fully saturated rings. The van der Waals surface area contributed by atoms with Gasteiger partial charge in [0, 0.05) is 37.0 Å². The zero-order valence-electron chi connectivity index (χ0n) is 19.1. The van der Waals surface area contributed by atoms with E-state index >= 15 is 0 Å². The molecule has 1 saturated carbocycles. The maximum atomic E-state index is 5.81. The topological polar surface area (TPSA) is 46.6 Å². The maximum absolute atomic E-state index is 5.81. The molecule has 3 aliphatic rings. The Hall–Kier alpha value is -1.66. The molecule has 2 bridgehead atoms. The second-order valence-corrected chi connectivity index (χ2v) is 9.41. The highest BCUT2D eigenvalue weighted by molar-refractivity contribution is 5.85. The Kier molecular flexibility index (Phi) is 7.72. The van der Waals surface area contributed by atoms with E-state index in [1.807, 2.05) is 18.5 Å². The zero-order valence-corrected chi connectivity index (χ0v) is 19.9. The summed E-state index contributed by atoms with van der Waals surface area (Å²) in [5.41, 5.74) is 5.79. The summed E-state index contributed by atoms with van der Waals surface area (Å²) < 4.78 is 10.9. The molecule has 0 unspecified atom stereocenters. The zero-order chi connectivity index (χ0) is 21.1. The number of hydrogen-bond donors (Lipinski definition) is 1. The molecule has 0 radical (unpaired) electrons. The Bertz CT molecular complexity index is 881. The standard InChI is InChI=1S/C26H35N3O2.ClH/c1-30-15-16-31-14-13-29-12-10-26-9-3-2-6-23(26)25(29)17-20-7-8-21(18-24(20)26)28-22-5-4-11-27-19-22;/h4-5,7-8,11,18-19,23,25,28H,2-3,6,9-10,12-17H2,1H3;1H/t23-,25+,26+;/m0./s1. The Labute approximate surface area is 198 Å². The molecular weight excluding hydrogens is 422 g/mol. The number of nitrogens with zero attached hydrogens (tertiary/aromatic N) is 2. The van der Waals surface area contributed by atoms with Gasteiger partial charge in [0.15, 0.2) is 0 Å². The molecule has 1 aromatic carbocycles. The van der Waals surface area contributed by atoms with E-state index in [0.717, 1.165) is 24.8 Å². The van der Waals surface area contributed by atoms with Crippen LogP contribution in [0.3, 0.4) is 0 Å². The molecule has 174 valence electrons. The average Bonchev–Trinajstić information content (AvgIpc) is 2.81. The molecule has 32 heavy (non-hydrogen) atoms. The molecule has 0 spiro atoms. The molecule has 2 aliphatic carbocycles. The van der Waals surface area contributed by atoms with E-state index in [9.17, 15) is 0 Å². The van der Waals surface area contributed by atoms with Gasteiger partial charge >= 0.3 is 0 Å². The summed E-state index contributed by atoms with van der Waals surface area (Å²) in [5, 5.41) is 3.57. The normalized spacial score (nSPS) is 26.5. The molecule has 1 aromatic heterocycles. The number of anilines is 2. The van der Waals surface area contributed by atoms with Crippen molar-refractivity contribution in [3.8, 4) is 0 Å². The minimum absolute atomic E-state index is 0. The molecule has 6 heteroatoms. The van der Waals surface area contributed by atoms with Gasteiger partial charge < -0.3 is 14.8 Å². The fourth-order valence-electron chi connectivity index (χ4n) is 6.47. The number of likely N-dealkylation sites (tertiary alicyclic amines) is 1. The lowest BCUT2D eigenvalue weighted by molar-refractivity contribution is -0.0273. The van der Waals surface area contributed by atoms with Crippen LogP contribution in [0.5, 0.6) is 0 Å². The number of halogens is 1. The largest absolute Gasteiger partial charge is 0.382 e. The number of ether oxygens (including phenoxy) is 2. The van der Waals surface area contributed by atoms with Gasteiger partial charge in [0.2, 0.25) is 0 Å². The lowest BCUT2D eigenvalue weighted by Crippen LogP contribution is -2.61. The number of piperidine rings is 1. The van der Waals surface area contributed by atoms with E-state index in [-0.39, 0.29) is 12.4 Å². The summed E-state index contributed by atoms with van der Waals surface area (Å²) in [4.78, 5) is 6.97. The molecule has 1 aliphatic heterocycles. The fraction of sp³-hybridized carbons (Fsp3) is 0.577. The van der Waals surface area contributed by atoms with E-state index in [1.165, 1.54) is 50.8 Å². The van der Waals surface area contributed by atoms with Crippen LogP contribution in [0.1, 0.15) is 43.2 Å². The van der Waals surface area contributed by atoms with E-state index in [1.54, 1.807) is 18.2 Å². The lowest BCUT2D eigenvalue weighted by atomic mass is 9.52. The number of nitrogens with one attached hydrogen (secondary N) is 1. The van der Waals surface area contributed by atoms with Crippen LogP contribution in [0.2, 0.25) is 0 Å². The average molecular weight is 458 g/mol. The number of pyridine rings is 1. The van der Waals surface area contributed by atoms with Gasteiger partial charge in [-0.25, -0.2) is 0 Å². The van der Waals surface area contributed by atoms with Gasteiger partial charge in [-0.3, -0.25) is 9.88 Å². The first-order chi connectivity index (χ1) is 15.3. The predicted molar refractivity (Wildman–Crippen MR) is 131 cm³/mol. The van der Waals surface area contributed by atoms with Gasteiger partial charge in [0.25, 0.3) is 0 Å². The van der Waals surface area contributed by atoms with E-state index in [4.69, 9.17) is 9.47 Å². The van der Waals surface area contributed by atoms with Crippen molar-refractivity contribution in [3.63, 3.8) is 0 Å². The number of methoxy groups -OCH3 is 1. The molecule has 3 atom stereocenters. The fourth-order valence-corrected chi connectivity index (χ4v) is 6.47. The second-order valence-electron chi connectivity index (χ2n) is 9.41. The van der Waals surface area contributed by atoms with Crippen molar-refractivity contribution in [1.29, 1.82) is 0 Å². The SMILES string of the molecule is COCCOCCN1CC[C@]23CCCC[C@H]2[C@H]1Cc1ccc(Nc2cccnc2)cc13.Cl. The third kappa shape index (κ3) is 4.54. The third-order valence-electron chi connectivity index (χ3n) is 7.86. The highest BCUT2D eigenvalue weighted by Gasteiger charge is 2.53. The van der Waals surface area contributed by atoms with Crippen LogP contribution < -0.4 is 5.32 Å². The highest BCUT2D eigenvalue weighted by atomic mass is 35.5. The Balaban J connectivity index is 0.00000245. The quantitative estimate of drug-likeness (QED) is 0.567. The molecular formula is C26H36ClN3O2. The summed E-state index contributed by atoms with van der Waals surface area (Å²) in [6, 6.07) is 11.8. The summed E-state index contributed by atoms with van der Waals surface area (Å²) in [6.07, 6.45) is 11.6. The first-order valence-electron chi connectivity index (χ1n) is 11.9. The van der Waals surface area contributed by atoms with Crippen molar-refractivity contribution in [1.82, 2.24) is 9.88 Å². The van der Waals surface area contributed by atoms with Crippen LogP contribution in [0.15, 0.2) is 42.7 Å². The van der Waals surface area contributed by atoms with Gasteiger partial charge in [-0.1, -0.05) is 18.9 Å². The van der Waals surface area contributed by atoms with E-state index < -0.39 is 0 Å². The van der Waals surface area contributed by atoms with Gasteiger partial charge in [0.1, 0.15) is 0 Å². The summed E-state index contributed by atoms with van der Waals surface area (Å²) in [7, 11) is 1.73. The number of benzene rings is 1. The van der Waals surface area contributed by atoms with Crippen LogP contribution in [0.25, 0.3) is 0 Å². The van der Waals surface area contributed by atoms with Crippen molar-refractivity contribution >= 4 is 23.8 Å². The van der Waals surface area contributed by atoms with Crippen LogP contribution in [-0.2, 0) is 21.3 Å². The number of aromatic nitrogens is 1. The molecule has 5 nitrogen and oxygen atoms in total. The van der Waals surface area contributed by atoms with Crippen molar-refractivity contribution in [2.75, 3.05) is 45.3 Å². The van der Waals surface area contributed by atoms with Crippen molar-refractivity contribution in [3.05, 3.63) is 53.9 Å². The minimum Gasteiger partial charge on any atom is -0.382 e. The molecule has 1 N–H and O–H groups in total. The minimum atomic E-state index is 0. The van der Waals surface area contributed by atoms with Gasteiger partial charge in [-0.15, -0.1) is 12.4 Å². The van der Waals surface area contributed by atoms with Gasteiger partial charge in [-0.2, -0.15) is 0 Å². The number of hydrogen-bond acceptors (Lipinski definition) is 5. The molecule has 1 saturated heterocycles. The number of fused-ring (bicyclic) bond motifs is 1. The Morgan fingerprint density at radius 1 is 1.12 bits per heavy atom. The van der Waals surface area contributed by atoms with E-state index in [0.29, 0.717) is 24.7 Å². The molecule has 2 heterocycles. The van der Waals surface area contributed by atoms with Crippen molar-refractivity contribution in [2.24, 2.45) is 5.92 Å². The smallest absolute Gasteiger partial charge is 0.0700 e. The van der Waals surface area contributed by atoms with Crippen molar-refractivity contribution in [2.45, 2.75) is 50.0 Å². The van der Waals surface area contributed by atoms with E-state index in [2.05, 4.69) is 39.5 Å². The van der Waals surface area contributed by atoms with Crippen molar-refractivity contribution < 1.29 is 9.47 Å². The van der Waals surface area contributed by atoms with Crippen LogP contribution in [0.4, 0.5) is 11.4 Å². The first kappa shape index (κ1) is 23.5. The summed E-state index contributed by atoms with van der Waals surface area (Å²) in [6.45, 7) is 4.40. The predicted octanol–water partition coefficient (Wildman–Crippen LogP) is 4.97. The van der Waals surface area contributed by atoms with Gasteiger partial charge in [-0.05, 0) is 73.5 Å².